The van der Waals surface area contributed by atoms with Crippen molar-refractivity contribution in [3.05, 3.63) is 0 Å². The standard InChI is InChI=1S/C12H24N2O3/c1-4-9(2)13-12(16)10(3)14-5-6-17-11(7-14)8-15/h9-11,15H,4-8H2,1-3H3,(H,13,16). The number of nitrogens with one attached hydrogen (secondary N) is 1. The fourth-order valence-electron chi connectivity index (χ4n) is 1.84. The minimum atomic E-state index is -0.165. The molecule has 0 bridgehead atoms. The Morgan fingerprint density at radius 1 is 1.59 bits per heavy atom. The zero-order valence-electron chi connectivity index (χ0n) is 11.0. The maximum atomic E-state index is 12.0. The van der Waals surface area contributed by atoms with Gasteiger partial charge in [-0.2, -0.15) is 0 Å². The van der Waals surface area contributed by atoms with E-state index in [2.05, 4.69) is 10.2 Å². The van der Waals surface area contributed by atoms with Gasteiger partial charge < -0.3 is 15.2 Å². The molecule has 1 fully saturated rings. The molecular weight excluding hydrogens is 220 g/mol. The Kier molecular flexibility index (Phi) is 5.88. The minimum Gasteiger partial charge on any atom is -0.394 e. The second kappa shape index (κ2) is 6.93. The fraction of sp³-hybridized carbons (Fsp3) is 0.917. The highest BCUT2D eigenvalue weighted by atomic mass is 16.5. The first-order valence-corrected chi connectivity index (χ1v) is 6.35. The van der Waals surface area contributed by atoms with E-state index in [-0.39, 0.29) is 30.7 Å². The van der Waals surface area contributed by atoms with Crippen LogP contribution in [0.2, 0.25) is 0 Å². The number of morpholine rings is 1. The molecule has 3 atom stereocenters. The lowest BCUT2D eigenvalue weighted by Gasteiger charge is -2.35. The lowest BCUT2D eigenvalue weighted by atomic mass is 10.2. The van der Waals surface area contributed by atoms with Crippen molar-refractivity contribution < 1.29 is 14.6 Å². The van der Waals surface area contributed by atoms with E-state index in [1.54, 1.807) is 0 Å². The molecular formula is C12H24N2O3. The van der Waals surface area contributed by atoms with Gasteiger partial charge in [-0.1, -0.05) is 6.92 Å². The molecule has 0 aromatic carbocycles. The smallest absolute Gasteiger partial charge is 0.237 e. The van der Waals surface area contributed by atoms with Gasteiger partial charge in [0.15, 0.2) is 0 Å². The number of hydrogen-bond acceptors (Lipinski definition) is 4. The Morgan fingerprint density at radius 3 is 2.88 bits per heavy atom. The first-order chi connectivity index (χ1) is 8.08. The van der Waals surface area contributed by atoms with Crippen LogP contribution in [-0.4, -0.2) is 60.4 Å². The summed E-state index contributed by atoms with van der Waals surface area (Å²) < 4.78 is 5.37. The highest BCUT2D eigenvalue weighted by Crippen LogP contribution is 2.09. The third-order valence-corrected chi connectivity index (χ3v) is 3.30. The van der Waals surface area contributed by atoms with Gasteiger partial charge in [0, 0.05) is 19.1 Å². The summed E-state index contributed by atoms with van der Waals surface area (Å²) in [5.41, 5.74) is 0. The predicted octanol–water partition coefficient (Wildman–Crippen LogP) is -0.0173. The van der Waals surface area contributed by atoms with Crippen molar-refractivity contribution in [3.8, 4) is 0 Å². The normalized spacial score (nSPS) is 25.3. The first-order valence-electron chi connectivity index (χ1n) is 6.35. The van der Waals surface area contributed by atoms with E-state index in [0.29, 0.717) is 13.2 Å². The van der Waals surface area contributed by atoms with E-state index in [1.165, 1.54) is 0 Å². The fourth-order valence-corrected chi connectivity index (χ4v) is 1.84. The molecule has 0 aromatic rings. The van der Waals surface area contributed by atoms with E-state index in [4.69, 9.17) is 9.84 Å². The molecule has 1 amide bonds. The number of hydrogen-bond donors (Lipinski definition) is 2. The number of ether oxygens (including phenoxy) is 1. The van der Waals surface area contributed by atoms with Gasteiger partial charge in [-0.05, 0) is 20.3 Å². The van der Waals surface area contributed by atoms with Gasteiger partial charge in [-0.25, -0.2) is 0 Å². The predicted molar refractivity (Wildman–Crippen MR) is 65.8 cm³/mol. The largest absolute Gasteiger partial charge is 0.394 e. The monoisotopic (exact) mass is 244 g/mol. The number of rotatable bonds is 5. The van der Waals surface area contributed by atoms with E-state index >= 15 is 0 Å². The van der Waals surface area contributed by atoms with Crippen molar-refractivity contribution in [2.75, 3.05) is 26.3 Å². The summed E-state index contributed by atoms with van der Waals surface area (Å²) in [5.74, 6) is 0.0536. The zero-order valence-corrected chi connectivity index (χ0v) is 11.0. The van der Waals surface area contributed by atoms with Gasteiger partial charge in [0.05, 0.1) is 25.4 Å². The van der Waals surface area contributed by atoms with Crippen LogP contribution in [0.15, 0.2) is 0 Å². The number of carbonyl (C=O) groups is 1. The lowest BCUT2D eigenvalue weighted by Crippen LogP contribution is -2.54. The molecule has 1 aliphatic heterocycles. The summed E-state index contributed by atoms with van der Waals surface area (Å²) >= 11 is 0. The van der Waals surface area contributed by atoms with Crippen molar-refractivity contribution in [1.29, 1.82) is 0 Å². The van der Waals surface area contributed by atoms with E-state index in [9.17, 15) is 4.79 Å². The van der Waals surface area contributed by atoms with Crippen molar-refractivity contribution in [1.82, 2.24) is 10.2 Å². The third-order valence-electron chi connectivity index (χ3n) is 3.30. The van der Waals surface area contributed by atoms with E-state index in [0.717, 1.165) is 13.0 Å². The minimum absolute atomic E-state index is 0.0101. The first kappa shape index (κ1) is 14.4. The lowest BCUT2D eigenvalue weighted by molar-refractivity contribution is -0.130. The molecule has 5 heteroatoms. The topological polar surface area (TPSA) is 61.8 Å². The van der Waals surface area contributed by atoms with Gasteiger partial charge in [0.25, 0.3) is 0 Å². The van der Waals surface area contributed by atoms with Crippen LogP contribution in [0, 0.1) is 0 Å². The van der Waals surface area contributed by atoms with Crippen LogP contribution in [-0.2, 0) is 9.53 Å². The summed E-state index contributed by atoms with van der Waals surface area (Å²) in [6, 6.07) is 0.0431. The van der Waals surface area contributed by atoms with Gasteiger partial charge in [-0.3, -0.25) is 9.69 Å². The SMILES string of the molecule is CCC(C)NC(=O)C(C)N1CCOC(CO)C1. The second-order valence-corrected chi connectivity index (χ2v) is 4.66. The number of amides is 1. The maximum absolute atomic E-state index is 12.0. The van der Waals surface area contributed by atoms with Crippen LogP contribution < -0.4 is 5.32 Å². The highest BCUT2D eigenvalue weighted by molar-refractivity contribution is 5.81. The van der Waals surface area contributed by atoms with E-state index in [1.807, 2.05) is 20.8 Å². The van der Waals surface area contributed by atoms with Crippen molar-refractivity contribution >= 4 is 5.91 Å². The molecule has 0 saturated carbocycles. The Labute approximate surface area is 103 Å². The molecule has 1 aliphatic rings. The summed E-state index contributed by atoms with van der Waals surface area (Å²) in [4.78, 5) is 14.0. The van der Waals surface area contributed by atoms with E-state index < -0.39 is 0 Å². The van der Waals surface area contributed by atoms with Crippen LogP contribution >= 0.6 is 0 Å². The Morgan fingerprint density at radius 2 is 2.29 bits per heavy atom. The highest BCUT2D eigenvalue weighted by Gasteiger charge is 2.27. The van der Waals surface area contributed by atoms with Gasteiger partial charge >= 0.3 is 0 Å². The Balaban J connectivity index is 2.45. The molecule has 100 valence electrons. The van der Waals surface area contributed by atoms with Crippen molar-refractivity contribution in [2.24, 2.45) is 0 Å². The summed E-state index contributed by atoms with van der Waals surface area (Å²) in [6.07, 6.45) is 0.767. The van der Waals surface area contributed by atoms with Crippen molar-refractivity contribution in [2.45, 2.75) is 45.4 Å². The molecule has 0 aromatic heterocycles. The molecule has 1 rings (SSSR count). The average molecular weight is 244 g/mol. The van der Waals surface area contributed by atoms with Crippen LogP contribution in [0.5, 0.6) is 0 Å². The molecule has 1 saturated heterocycles. The number of nitrogens with zero attached hydrogens (tertiary/aromatic N) is 1. The molecule has 1 heterocycles. The zero-order chi connectivity index (χ0) is 12.8. The molecule has 3 unspecified atom stereocenters. The van der Waals surface area contributed by atoms with Crippen LogP contribution in [0.3, 0.4) is 0 Å². The molecule has 0 radical (unpaired) electrons. The van der Waals surface area contributed by atoms with Gasteiger partial charge in [0.2, 0.25) is 5.91 Å². The summed E-state index contributed by atoms with van der Waals surface area (Å²) in [7, 11) is 0. The maximum Gasteiger partial charge on any atom is 0.237 e. The second-order valence-electron chi connectivity index (χ2n) is 4.66. The van der Waals surface area contributed by atoms with Gasteiger partial charge in [-0.15, -0.1) is 0 Å². The van der Waals surface area contributed by atoms with Crippen molar-refractivity contribution in [3.63, 3.8) is 0 Å². The average Bonchev–Trinajstić information content (AvgIpc) is 2.37. The number of aliphatic hydroxyl groups excluding tert-OH is 1. The summed E-state index contributed by atoms with van der Waals surface area (Å²) in [6.45, 7) is 7.89. The van der Waals surface area contributed by atoms with Crippen LogP contribution in [0.4, 0.5) is 0 Å². The molecule has 2 N–H and O–H groups in total. The number of carbonyl (C=O) groups excluding carboxylic acids is 1. The molecule has 5 nitrogen and oxygen atoms in total. The summed E-state index contributed by atoms with van der Waals surface area (Å²) in [5, 5.41) is 12.0. The molecule has 17 heavy (non-hydrogen) atoms. The molecule has 0 spiro atoms. The van der Waals surface area contributed by atoms with Crippen LogP contribution in [0.25, 0.3) is 0 Å². The Bertz CT molecular complexity index is 248. The quantitative estimate of drug-likeness (QED) is 0.713. The van der Waals surface area contributed by atoms with Crippen LogP contribution in [0.1, 0.15) is 27.2 Å². The third kappa shape index (κ3) is 4.26. The number of aliphatic hydroxyl groups is 1. The van der Waals surface area contributed by atoms with Gasteiger partial charge in [0.1, 0.15) is 0 Å². The molecule has 0 aliphatic carbocycles. The Hall–Kier alpha value is -0.650.